The highest BCUT2D eigenvalue weighted by atomic mass is 79.9. The van der Waals surface area contributed by atoms with Crippen molar-refractivity contribution < 1.29 is 4.79 Å². The highest BCUT2D eigenvalue weighted by Crippen LogP contribution is 2.33. The van der Waals surface area contributed by atoms with Gasteiger partial charge in [0.05, 0.1) is 6.42 Å². The number of nitrogens with one attached hydrogen (secondary N) is 1. The lowest BCUT2D eigenvalue weighted by molar-refractivity contribution is -0.115. The molecule has 0 aromatic heterocycles. The summed E-state index contributed by atoms with van der Waals surface area (Å²) in [5.74, 6) is 0.111. The molecule has 1 aromatic rings. The number of hydrogen-bond donors (Lipinski definition) is 1. The molecule has 1 unspecified atom stereocenters. The zero-order valence-corrected chi connectivity index (χ0v) is 14.5. The molecule has 1 heterocycles. The van der Waals surface area contributed by atoms with Crippen molar-refractivity contribution in [3.8, 4) is 0 Å². The number of anilines is 1. The first-order chi connectivity index (χ1) is 10.2. The van der Waals surface area contributed by atoms with Crippen LogP contribution in [0.3, 0.4) is 0 Å². The van der Waals surface area contributed by atoms with Crippen LogP contribution >= 0.6 is 15.9 Å². The van der Waals surface area contributed by atoms with Gasteiger partial charge in [-0.25, -0.2) is 0 Å². The van der Waals surface area contributed by atoms with Crippen LogP contribution in [0.1, 0.15) is 74.2 Å². The van der Waals surface area contributed by atoms with Gasteiger partial charge in [-0.05, 0) is 23.6 Å². The van der Waals surface area contributed by atoms with Crippen LogP contribution in [0.2, 0.25) is 0 Å². The summed E-state index contributed by atoms with van der Waals surface area (Å²) < 4.78 is 0. The van der Waals surface area contributed by atoms with Crippen molar-refractivity contribution in [1.82, 2.24) is 0 Å². The van der Waals surface area contributed by atoms with Crippen LogP contribution in [0.5, 0.6) is 0 Å². The predicted octanol–water partition coefficient (Wildman–Crippen LogP) is 5.76. The smallest absolute Gasteiger partial charge is 0.228 e. The van der Waals surface area contributed by atoms with Crippen LogP contribution in [0, 0.1) is 0 Å². The lowest BCUT2D eigenvalue weighted by atomic mass is 10.0. The number of unbranched alkanes of at least 4 members (excludes halogenated alkanes) is 6. The molecule has 1 aliphatic rings. The molecule has 0 fully saturated rings. The molecule has 0 aliphatic carbocycles. The zero-order valence-electron chi connectivity index (χ0n) is 13.0. The van der Waals surface area contributed by atoms with Crippen LogP contribution in [-0.2, 0) is 11.2 Å². The van der Waals surface area contributed by atoms with E-state index < -0.39 is 0 Å². The molecule has 1 N–H and O–H groups in total. The first-order valence-electron chi connectivity index (χ1n) is 8.27. The van der Waals surface area contributed by atoms with Crippen molar-refractivity contribution >= 4 is 27.5 Å². The van der Waals surface area contributed by atoms with Gasteiger partial charge in [0.2, 0.25) is 5.91 Å². The van der Waals surface area contributed by atoms with E-state index in [-0.39, 0.29) is 5.91 Å². The Labute approximate surface area is 136 Å². The van der Waals surface area contributed by atoms with Gasteiger partial charge in [0.25, 0.3) is 0 Å². The number of carbonyl (C=O) groups is 1. The third-order valence-corrected chi connectivity index (χ3v) is 5.16. The first-order valence-corrected chi connectivity index (χ1v) is 9.19. The number of fused-ring (bicyclic) bond motifs is 1. The summed E-state index contributed by atoms with van der Waals surface area (Å²) in [4.78, 5) is 11.8. The van der Waals surface area contributed by atoms with Crippen molar-refractivity contribution in [3.05, 3.63) is 29.3 Å². The van der Waals surface area contributed by atoms with Crippen LogP contribution in [-0.4, -0.2) is 5.91 Å². The SMILES string of the molecule is CCCCCCCCCC(Br)c1ccc2c(c1)CC(=O)N2. The standard InChI is InChI=1S/C18H26BrNO/c1-2-3-4-5-6-7-8-9-16(19)14-10-11-17-15(12-14)13-18(21)20-17/h10-12,16H,2-9,13H2,1H3,(H,20,21). The molecule has 3 heteroatoms. The molecule has 1 aliphatic heterocycles. The number of rotatable bonds is 9. The Morgan fingerprint density at radius 1 is 1.14 bits per heavy atom. The maximum Gasteiger partial charge on any atom is 0.228 e. The molecule has 0 bridgehead atoms. The van der Waals surface area contributed by atoms with Gasteiger partial charge in [-0.15, -0.1) is 0 Å². The second-order valence-electron chi connectivity index (χ2n) is 6.02. The minimum Gasteiger partial charge on any atom is -0.326 e. The summed E-state index contributed by atoms with van der Waals surface area (Å²) in [7, 11) is 0. The summed E-state index contributed by atoms with van der Waals surface area (Å²) in [5, 5.41) is 2.89. The number of amides is 1. The van der Waals surface area contributed by atoms with Crippen LogP contribution in [0.15, 0.2) is 18.2 Å². The van der Waals surface area contributed by atoms with E-state index in [1.165, 1.54) is 56.9 Å². The Morgan fingerprint density at radius 3 is 2.62 bits per heavy atom. The molecule has 1 amide bonds. The monoisotopic (exact) mass is 351 g/mol. The van der Waals surface area contributed by atoms with Gasteiger partial charge in [-0.1, -0.05) is 79.9 Å². The third-order valence-electron chi connectivity index (χ3n) is 4.18. The summed E-state index contributed by atoms with van der Waals surface area (Å²) in [6.07, 6.45) is 11.1. The van der Waals surface area contributed by atoms with Crippen LogP contribution in [0.25, 0.3) is 0 Å². The Hall–Kier alpha value is -0.830. The van der Waals surface area contributed by atoms with E-state index in [4.69, 9.17) is 0 Å². The van der Waals surface area contributed by atoms with Crippen LogP contribution in [0.4, 0.5) is 5.69 Å². The largest absolute Gasteiger partial charge is 0.326 e. The summed E-state index contributed by atoms with van der Waals surface area (Å²) >= 11 is 3.80. The van der Waals surface area contributed by atoms with Gasteiger partial charge in [-0.3, -0.25) is 4.79 Å². The van der Waals surface area contributed by atoms with Gasteiger partial charge in [0.1, 0.15) is 0 Å². The average molecular weight is 352 g/mol. The minimum absolute atomic E-state index is 0.111. The number of benzene rings is 1. The fourth-order valence-electron chi connectivity index (χ4n) is 2.89. The van der Waals surface area contributed by atoms with Gasteiger partial charge >= 0.3 is 0 Å². The van der Waals surface area contributed by atoms with Gasteiger partial charge in [-0.2, -0.15) is 0 Å². The van der Waals surface area contributed by atoms with Gasteiger partial charge in [0.15, 0.2) is 0 Å². The zero-order chi connectivity index (χ0) is 15.1. The number of alkyl halides is 1. The fraction of sp³-hybridized carbons (Fsp3) is 0.611. The summed E-state index contributed by atoms with van der Waals surface area (Å²) in [6, 6.07) is 6.34. The molecular formula is C18H26BrNO. The molecule has 0 radical (unpaired) electrons. The van der Waals surface area contributed by atoms with E-state index in [1.54, 1.807) is 0 Å². The highest BCUT2D eigenvalue weighted by Gasteiger charge is 2.18. The topological polar surface area (TPSA) is 29.1 Å². The second-order valence-corrected chi connectivity index (χ2v) is 7.12. The predicted molar refractivity (Wildman–Crippen MR) is 93.1 cm³/mol. The van der Waals surface area contributed by atoms with Crippen molar-refractivity contribution in [2.45, 2.75) is 69.5 Å². The van der Waals surface area contributed by atoms with E-state index in [1.807, 2.05) is 6.07 Å². The Bertz CT molecular complexity index is 472. The van der Waals surface area contributed by atoms with E-state index >= 15 is 0 Å². The minimum atomic E-state index is 0.111. The molecule has 21 heavy (non-hydrogen) atoms. The number of halogens is 1. The quantitative estimate of drug-likeness (QED) is 0.444. The molecule has 2 nitrogen and oxygen atoms in total. The Kier molecular flexibility index (Phi) is 6.75. The summed E-state index contributed by atoms with van der Waals surface area (Å²) in [6.45, 7) is 2.26. The van der Waals surface area contributed by atoms with Gasteiger partial charge in [0, 0.05) is 10.5 Å². The molecule has 0 saturated carbocycles. The van der Waals surface area contributed by atoms with Gasteiger partial charge < -0.3 is 5.32 Å². The third kappa shape index (κ3) is 5.14. The molecule has 0 saturated heterocycles. The maximum atomic E-state index is 11.4. The first kappa shape index (κ1) is 16.5. The second kappa shape index (κ2) is 8.57. The Morgan fingerprint density at radius 2 is 1.86 bits per heavy atom. The molecular weight excluding hydrogens is 326 g/mol. The number of hydrogen-bond acceptors (Lipinski definition) is 1. The van der Waals surface area contributed by atoms with E-state index in [2.05, 4.69) is 40.3 Å². The Balaban J connectivity index is 1.70. The molecule has 1 aromatic carbocycles. The fourth-order valence-corrected chi connectivity index (χ4v) is 3.50. The average Bonchev–Trinajstić information content (AvgIpc) is 2.85. The molecule has 1 atom stereocenters. The van der Waals surface area contributed by atoms with Crippen molar-refractivity contribution in [1.29, 1.82) is 0 Å². The summed E-state index contributed by atoms with van der Waals surface area (Å²) in [5.41, 5.74) is 3.43. The molecule has 116 valence electrons. The normalized spacial score (nSPS) is 14.9. The number of carbonyl (C=O) groups excluding carboxylic acids is 1. The van der Waals surface area contributed by atoms with Crippen molar-refractivity contribution in [2.75, 3.05) is 5.32 Å². The highest BCUT2D eigenvalue weighted by molar-refractivity contribution is 9.09. The van der Waals surface area contributed by atoms with E-state index in [0.717, 1.165) is 11.3 Å². The van der Waals surface area contributed by atoms with E-state index in [9.17, 15) is 4.79 Å². The van der Waals surface area contributed by atoms with Crippen LogP contribution < -0.4 is 5.32 Å². The van der Waals surface area contributed by atoms with E-state index in [0.29, 0.717) is 11.2 Å². The van der Waals surface area contributed by atoms with Crippen molar-refractivity contribution in [2.24, 2.45) is 0 Å². The lowest BCUT2D eigenvalue weighted by Crippen LogP contribution is -2.03. The van der Waals surface area contributed by atoms with Crippen molar-refractivity contribution in [3.63, 3.8) is 0 Å². The molecule has 0 spiro atoms. The lowest BCUT2D eigenvalue weighted by Gasteiger charge is -2.11. The maximum absolute atomic E-state index is 11.4. The molecule has 2 rings (SSSR count).